The number of aryl methyl sites for hydroxylation is 1. The molecule has 0 saturated heterocycles. The van der Waals surface area contributed by atoms with Gasteiger partial charge in [-0.2, -0.15) is 0 Å². The highest BCUT2D eigenvalue weighted by Crippen LogP contribution is 2.12. The Bertz CT molecular complexity index is 473. The third-order valence-corrected chi connectivity index (χ3v) is 2.56. The standard InChI is InChI=1S/C12H16N4/c1-3-10-5-4-6-11(7-10)16-8-12(9(2)13)14-15-16/h4-9H,3,13H2,1-2H3. The molecule has 1 heterocycles. The SMILES string of the molecule is CCc1cccc(-n2cc(C(C)N)nn2)c1. The molecule has 0 aliphatic rings. The summed E-state index contributed by atoms with van der Waals surface area (Å²) in [6.45, 7) is 4.03. The van der Waals surface area contributed by atoms with Crippen LogP contribution in [0.4, 0.5) is 0 Å². The van der Waals surface area contributed by atoms with E-state index in [0.717, 1.165) is 17.8 Å². The largest absolute Gasteiger partial charge is 0.323 e. The molecule has 2 aromatic rings. The highest BCUT2D eigenvalue weighted by Gasteiger charge is 2.06. The highest BCUT2D eigenvalue weighted by atomic mass is 15.4. The van der Waals surface area contributed by atoms with Gasteiger partial charge in [-0.05, 0) is 31.0 Å². The van der Waals surface area contributed by atoms with Crippen LogP contribution in [0.2, 0.25) is 0 Å². The molecule has 16 heavy (non-hydrogen) atoms. The number of aromatic nitrogens is 3. The van der Waals surface area contributed by atoms with Crippen LogP contribution in [0.5, 0.6) is 0 Å². The molecule has 1 atom stereocenters. The summed E-state index contributed by atoms with van der Waals surface area (Å²) in [5.74, 6) is 0. The molecule has 1 unspecified atom stereocenters. The van der Waals surface area contributed by atoms with Crippen molar-refractivity contribution in [2.75, 3.05) is 0 Å². The topological polar surface area (TPSA) is 56.7 Å². The van der Waals surface area contributed by atoms with Gasteiger partial charge in [-0.25, -0.2) is 4.68 Å². The van der Waals surface area contributed by atoms with E-state index < -0.39 is 0 Å². The Kier molecular flexibility index (Phi) is 3.01. The second-order valence-electron chi connectivity index (χ2n) is 3.90. The van der Waals surface area contributed by atoms with Crippen molar-refractivity contribution in [3.8, 4) is 5.69 Å². The lowest BCUT2D eigenvalue weighted by Gasteiger charge is -2.02. The fraction of sp³-hybridized carbons (Fsp3) is 0.333. The number of hydrogen-bond donors (Lipinski definition) is 1. The average Bonchev–Trinajstić information content (AvgIpc) is 2.78. The minimum absolute atomic E-state index is 0.0805. The second-order valence-corrected chi connectivity index (χ2v) is 3.90. The van der Waals surface area contributed by atoms with Crippen molar-refractivity contribution in [2.45, 2.75) is 26.3 Å². The molecular formula is C12H16N4. The van der Waals surface area contributed by atoms with Gasteiger partial charge in [0.1, 0.15) is 0 Å². The van der Waals surface area contributed by atoms with Crippen molar-refractivity contribution in [3.63, 3.8) is 0 Å². The lowest BCUT2D eigenvalue weighted by Crippen LogP contribution is -2.04. The molecule has 0 fully saturated rings. The first-order chi connectivity index (χ1) is 7.70. The summed E-state index contributed by atoms with van der Waals surface area (Å²) in [4.78, 5) is 0. The van der Waals surface area contributed by atoms with Crippen molar-refractivity contribution in [1.82, 2.24) is 15.0 Å². The molecule has 2 N–H and O–H groups in total. The van der Waals surface area contributed by atoms with Crippen LogP contribution in [0.1, 0.15) is 31.1 Å². The first-order valence-electron chi connectivity index (χ1n) is 5.48. The van der Waals surface area contributed by atoms with Gasteiger partial charge in [-0.1, -0.05) is 24.3 Å². The molecule has 4 heteroatoms. The Morgan fingerprint density at radius 3 is 2.88 bits per heavy atom. The van der Waals surface area contributed by atoms with Crippen LogP contribution in [-0.2, 0) is 6.42 Å². The van der Waals surface area contributed by atoms with Gasteiger partial charge in [0.15, 0.2) is 0 Å². The molecule has 0 spiro atoms. The summed E-state index contributed by atoms with van der Waals surface area (Å²) >= 11 is 0. The van der Waals surface area contributed by atoms with E-state index in [9.17, 15) is 0 Å². The van der Waals surface area contributed by atoms with E-state index in [1.54, 1.807) is 4.68 Å². The molecule has 0 aliphatic carbocycles. The number of nitrogens with zero attached hydrogens (tertiary/aromatic N) is 3. The third-order valence-electron chi connectivity index (χ3n) is 2.56. The predicted molar refractivity (Wildman–Crippen MR) is 63.3 cm³/mol. The van der Waals surface area contributed by atoms with Gasteiger partial charge in [0, 0.05) is 6.04 Å². The second kappa shape index (κ2) is 4.45. The van der Waals surface area contributed by atoms with Crippen molar-refractivity contribution in [1.29, 1.82) is 0 Å². The fourth-order valence-electron chi connectivity index (χ4n) is 1.53. The monoisotopic (exact) mass is 216 g/mol. The van der Waals surface area contributed by atoms with Crippen LogP contribution >= 0.6 is 0 Å². The van der Waals surface area contributed by atoms with E-state index in [4.69, 9.17) is 5.73 Å². The predicted octanol–water partition coefficient (Wildman–Crippen LogP) is 1.85. The zero-order valence-corrected chi connectivity index (χ0v) is 9.59. The smallest absolute Gasteiger partial charge is 0.0995 e. The van der Waals surface area contributed by atoms with E-state index in [1.165, 1.54) is 5.56 Å². The van der Waals surface area contributed by atoms with Gasteiger partial charge < -0.3 is 5.73 Å². The molecule has 0 amide bonds. The van der Waals surface area contributed by atoms with Gasteiger partial charge in [-0.3, -0.25) is 0 Å². The summed E-state index contributed by atoms with van der Waals surface area (Å²) < 4.78 is 1.76. The van der Waals surface area contributed by atoms with E-state index in [-0.39, 0.29) is 6.04 Å². The van der Waals surface area contributed by atoms with E-state index in [1.807, 2.05) is 25.3 Å². The Labute approximate surface area is 95.1 Å². The maximum atomic E-state index is 5.75. The summed E-state index contributed by atoms with van der Waals surface area (Å²) in [5.41, 5.74) is 8.87. The summed E-state index contributed by atoms with van der Waals surface area (Å²) in [7, 11) is 0. The van der Waals surface area contributed by atoms with E-state index in [2.05, 4.69) is 29.4 Å². The quantitative estimate of drug-likeness (QED) is 0.851. The lowest BCUT2D eigenvalue weighted by atomic mass is 10.1. The first-order valence-corrected chi connectivity index (χ1v) is 5.48. The molecular weight excluding hydrogens is 200 g/mol. The van der Waals surface area contributed by atoms with Gasteiger partial charge in [-0.15, -0.1) is 5.10 Å². The lowest BCUT2D eigenvalue weighted by molar-refractivity contribution is 0.756. The average molecular weight is 216 g/mol. The number of rotatable bonds is 3. The minimum Gasteiger partial charge on any atom is -0.323 e. The van der Waals surface area contributed by atoms with Crippen LogP contribution in [0.15, 0.2) is 30.5 Å². The molecule has 84 valence electrons. The molecule has 0 saturated carbocycles. The summed E-state index contributed by atoms with van der Waals surface area (Å²) in [6.07, 6.45) is 2.89. The Hall–Kier alpha value is -1.68. The molecule has 0 bridgehead atoms. The molecule has 2 rings (SSSR count). The highest BCUT2D eigenvalue weighted by molar-refractivity contribution is 5.35. The van der Waals surface area contributed by atoms with Gasteiger partial charge >= 0.3 is 0 Å². The third kappa shape index (κ3) is 2.12. The fourth-order valence-corrected chi connectivity index (χ4v) is 1.53. The number of nitrogens with two attached hydrogens (primary N) is 1. The van der Waals surface area contributed by atoms with E-state index >= 15 is 0 Å². The Balaban J connectivity index is 2.34. The summed E-state index contributed by atoms with van der Waals surface area (Å²) in [5, 5.41) is 8.11. The Morgan fingerprint density at radius 2 is 2.25 bits per heavy atom. The van der Waals surface area contributed by atoms with Crippen molar-refractivity contribution >= 4 is 0 Å². The molecule has 0 aliphatic heterocycles. The van der Waals surface area contributed by atoms with Crippen molar-refractivity contribution in [3.05, 3.63) is 41.7 Å². The van der Waals surface area contributed by atoms with Crippen molar-refractivity contribution in [2.24, 2.45) is 5.73 Å². The molecule has 0 radical (unpaired) electrons. The van der Waals surface area contributed by atoms with Crippen LogP contribution < -0.4 is 5.73 Å². The van der Waals surface area contributed by atoms with Crippen LogP contribution in [0.3, 0.4) is 0 Å². The van der Waals surface area contributed by atoms with Gasteiger partial charge in [0.2, 0.25) is 0 Å². The summed E-state index contributed by atoms with van der Waals surface area (Å²) in [6, 6.07) is 8.18. The normalized spacial score (nSPS) is 12.7. The van der Waals surface area contributed by atoms with Gasteiger partial charge in [0.25, 0.3) is 0 Å². The maximum Gasteiger partial charge on any atom is 0.0995 e. The van der Waals surface area contributed by atoms with Crippen LogP contribution in [0, 0.1) is 0 Å². The molecule has 4 nitrogen and oxygen atoms in total. The number of hydrogen-bond acceptors (Lipinski definition) is 3. The van der Waals surface area contributed by atoms with E-state index in [0.29, 0.717) is 0 Å². The first kappa shape index (κ1) is 10.8. The Morgan fingerprint density at radius 1 is 1.44 bits per heavy atom. The van der Waals surface area contributed by atoms with Crippen LogP contribution in [-0.4, -0.2) is 15.0 Å². The van der Waals surface area contributed by atoms with Gasteiger partial charge in [0.05, 0.1) is 17.6 Å². The molecule has 1 aromatic carbocycles. The van der Waals surface area contributed by atoms with Crippen LogP contribution in [0.25, 0.3) is 5.69 Å². The molecule has 1 aromatic heterocycles. The minimum atomic E-state index is -0.0805. The zero-order valence-electron chi connectivity index (χ0n) is 9.59. The maximum absolute atomic E-state index is 5.75. The van der Waals surface area contributed by atoms with Crippen molar-refractivity contribution < 1.29 is 0 Å². The zero-order chi connectivity index (χ0) is 11.5. The number of benzene rings is 1.